The summed E-state index contributed by atoms with van der Waals surface area (Å²) < 4.78 is 31.4. The van der Waals surface area contributed by atoms with E-state index in [-0.39, 0.29) is 5.82 Å². The van der Waals surface area contributed by atoms with Crippen molar-refractivity contribution in [2.24, 2.45) is 0 Å². The van der Waals surface area contributed by atoms with Crippen LogP contribution < -0.4 is 14.8 Å². The molecule has 0 aromatic heterocycles. The van der Waals surface area contributed by atoms with E-state index >= 15 is 0 Å². The van der Waals surface area contributed by atoms with Gasteiger partial charge in [0.05, 0.1) is 19.7 Å². The largest absolute Gasteiger partial charge is 0.493 e. The maximum atomic E-state index is 14.0. The predicted molar refractivity (Wildman–Crippen MR) is 107 cm³/mol. The van der Waals surface area contributed by atoms with Gasteiger partial charge in [-0.15, -0.1) is 0 Å². The molecule has 7 heteroatoms. The number of H-pyrrole nitrogens is 1. The van der Waals surface area contributed by atoms with Gasteiger partial charge >= 0.3 is 0 Å². The lowest BCUT2D eigenvalue weighted by Crippen LogP contribution is -2.02. The fraction of sp³-hybridized carbons (Fsp3) is 0.143. The number of methoxy groups -OCH3 is 2. The molecule has 0 spiro atoms. The fourth-order valence-corrected chi connectivity index (χ4v) is 3.19. The predicted octanol–water partition coefficient (Wildman–Crippen LogP) is 4.98. The van der Waals surface area contributed by atoms with E-state index in [9.17, 15) is 4.39 Å². The molecule has 0 radical (unpaired) electrons. The molecule has 6 rings (SSSR count). The molecule has 0 amide bonds. The molecule has 2 N–H and O–H groups in total. The molecular weight excluding hydrogens is 361 g/mol. The van der Waals surface area contributed by atoms with Crippen LogP contribution in [0.25, 0.3) is 27.9 Å². The van der Waals surface area contributed by atoms with Crippen LogP contribution >= 0.6 is 0 Å². The van der Waals surface area contributed by atoms with Crippen LogP contribution in [0.15, 0.2) is 59.1 Å². The normalized spacial score (nSPS) is 10.9. The van der Waals surface area contributed by atoms with Crippen LogP contribution in [-0.4, -0.2) is 31.2 Å². The van der Waals surface area contributed by atoms with E-state index in [1.165, 1.54) is 11.6 Å². The van der Waals surface area contributed by atoms with E-state index in [0.29, 0.717) is 17.1 Å². The van der Waals surface area contributed by atoms with Crippen LogP contribution in [0.5, 0.6) is 11.5 Å². The van der Waals surface area contributed by atoms with Gasteiger partial charge in [0.25, 0.3) is 0 Å². The minimum atomic E-state index is -0.279. The van der Waals surface area contributed by atoms with Gasteiger partial charge in [0.1, 0.15) is 11.5 Å². The van der Waals surface area contributed by atoms with Crippen LogP contribution in [-0.2, 0) is 0 Å². The van der Waals surface area contributed by atoms with Crippen molar-refractivity contribution in [3.05, 3.63) is 60.4 Å². The first-order valence-electron chi connectivity index (χ1n) is 8.71. The van der Waals surface area contributed by atoms with Gasteiger partial charge in [-0.3, -0.25) is 0 Å². The van der Waals surface area contributed by atoms with Gasteiger partial charge in [-0.05, 0) is 48.0 Å². The molecule has 3 aromatic carbocycles. The number of halogens is 1. The Bertz CT molecular complexity index is 1150. The van der Waals surface area contributed by atoms with Crippen molar-refractivity contribution >= 4 is 16.8 Å². The first-order chi connectivity index (χ1) is 13.7. The Morgan fingerprint density at radius 1 is 1.00 bits per heavy atom. The van der Waals surface area contributed by atoms with Crippen molar-refractivity contribution in [3.63, 3.8) is 0 Å². The molecule has 0 aliphatic carbocycles. The molecule has 6 nitrogen and oxygen atoms in total. The van der Waals surface area contributed by atoms with Crippen molar-refractivity contribution < 1.29 is 18.4 Å². The standard InChI is InChI=1S/C15H16FNO2.C6H4N2O/c1-17-12-6-4-5-11(16)15(12)10-7-8-13(18-2)14(9-10)19-3;1-2-6-5-3-4(1)8(5)7-9-6/h4-9,17H,1-3H3;1-3,7H. The van der Waals surface area contributed by atoms with Crippen LogP contribution in [0.2, 0.25) is 0 Å². The number of aromatic nitrogens is 2. The molecule has 0 atom stereocenters. The van der Waals surface area contributed by atoms with Gasteiger partial charge < -0.3 is 19.3 Å². The van der Waals surface area contributed by atoms with Crippen LogP contribution in [0.3, 0.4) is 0 Å². The van der Waals surface area contributed by atoms with E-state index in [1.54, 1.807) is 45.5 Å². The van der Waals surface area contributed by atoms with Crippen molar-refractivity contribution in [1.29, 1.82) is 0 Å². The minimum absolute atomic E-state index is 0.279. The second kappa shape index (κ2) is 7.19. The summed E-state index contributed by atoms with van der Waals surface area (Å²) in [4.78, 5) is 0. The summed E-state index contributed by atoms with van der Waals surface area (Å²) in [6.07, 6.45) is 0. The van der Waals surface area contributed by atoms with E-state index in [4.69, 9.17) is 14.0 Å². The fourth-order valence-electron chi connectivity index (χ4n) is 3.19. The Morgan fingerprint density at radius 2 is 1.82 bits per heavy atom. The highest BCUT2D eigenvalue weighted by molar-refractivity contribution is 5.80. The number of benzene rings is 3. The molecule has 3 aromatic rings. The molecule has 144 valence electrons. The van der Waals surface area contributed by atoms with Crippen molar-refractivity contribution in [2.75, 3.05) is 26.6 Å². The van der Waals surface area contributed by atoms with Crippen LogP contribution in [0.1, 0.15) is 0 Å². The molecule has 0 unspecified atom stereocenters. The lowest BCUT2D eigenvalue weighted by molar-refractivity contribution is 0.355. The average Bonchev–Trinajstić information content (AvgIpc) is 2.95. The number of nitrogens with one attached hydrogen (secondary N) is 2. The molecule has 0 saturated heterocycles. The maximum absolute atomic E-state index is 14.0. The Morgan fingerprint density at radius 3 is 2.46 bits per heavy atom. The highest BCUT2D eigenvalue weighted by Crippen LogP contribution is 2.36. The molecule has 28 heavy (non-hydrogen) atoms. The quantitative estimate of drug-likeness (QED) is 0.461. The summed E-state index contributed by atoms with van der Waals surface area (Å²) >= 11 is 0. The van der Waals surface area contributed by atoms with Gasteiger partial charge in [-0.2, -0.15) is 5.27 Å². The lowest BCUT2D eigenvalue weighted by atomic mass is 10.0. The number of rotatable bonds is 4. The topological polar surface area (TPSA) is 64.3 Å². The third kappa shape index (κ3) is 2.90. The molecule has 0 saturated carbocycles. The Balaban J connectivity index is 0.000000174. The van der Waals surface area contributed by atoms with E-state index in [2.05, 4.69) is 16.7 Å². The summed E-state index contributed by atoms with van der Waals surface area (Å²) in [5, 5.41) is 5.74. The Kier molecular flexibility index (Phi) is 4.57. The third-order valence-electron chi connectivity index (χ3n) is 4.64. The van der Waals surface area contributed by atoms with Crippen molar-refractivity contribution in [3.8, 4) is 28.3 Å². The average molecular weight is 381 g/mol. The summed E-state index contributed by atoms with van der Waals surface area (Å²) in [5.41, 5.74) is 5.22. The van der Waals surface area contributed by atoms with Crippen LogP contribution in [0.4, 0.5) is 10.1 Å². The Hall–Kier alpha value is -3.61. The first kappa shape index (κ1) is 17.8. The molecule has 3 heterocycles. The molecule has 3 aliphatic heterocycles. The number of aromatic amines is 1. The number of ether oxygens (including phenoxy) is 2. The highest BCUT2D eigenvalue weighted by Gasteiger charge is 2.15. The summed E-state index contributed by atoms with van der Waals surface area (Å²) in [6, 6.07) is 16.3. The van der Waals surface area contributed by atoms with Gasteiger partial charge in [-0.25, -0.2) is 9.07 Å². The number of pyridine rings is 1. The second-order valence-electron chi connectivity index (χ2n) is 6.16. The van der Waals surface area contributed by atoms with Gasteiger partial charge in [0.2, 0.25) is 0 Å². The summed E-state index contributed by atoms with van der Waals surface area (Å²) in [7, 11) is 4.89. The van der Waals surface area contributed by atoms with Gasteiger partial charge in [0, 0.05) is 18.3 Å². The summed E-state index contributed by atoms with van der Waals surface area (Å²) in [5.74, 6) is 0.915. The minimum Gasteiger partial charge on any atom is -0.493 e. The molecule has 4 bridgehead atoms. The zero-order valence-electron chi connectivity index (χ0n) is 15.7. The van der Waals surface area contributed by atoms with Crippen molar-refractivity contribution in [2.45, 2.75) is 0 Å². The summed E-state index contributed by atoms with van der Waals surface area (Å²) in [6.45, 7) is 0. The zero-order valence-corrected chi connectivity index (χ0v) is 15.7. The molecular formula is C21H20FN3O3. The smallest absolute Gasteiger partial charge is 0.182 e. The van der Waals surface area contributed by atoms with Gasteiger partial charge in [-0.1, -0.05) is 12.1 Å². The molecule has 3 aliphatic rings. The number of nitrogens with zero attached hydrogens (tertiary/aromatic N) is 1. The van der Waals surface area contributed by atoms with E-state index < -0.39 is 0 Å². The monoisotopic (exact) mass is 381 g/mol. The maximum Gasteiger partial charge on any atom is 0.182 e. The third-order valence-corrected chi connectivity index (χ3v) is 4.64. The number of fused-ring (bicyclic) bond motifs is 1. The Labute approximate surface area is 161 Å². The van der Waals surface area contributed by atoms with E-state index in [1.807, 2.05) is 22.9 Å². The van der Waals surface area contributed by atoms with E-state index in [0.717, 1.165) is 22.5 Å². The first-order valence-corrected chi connectivity index (χ1v) is 8.71. The SMILES string of the molecule is CNc1cccc(F)c1-c1ccc(OC)c(OC)c1.c1cc2cc3c1o[nH]n2-3. The van der Waals surface area contributed by atoms with Crippen molar-refractivity contribution in [1.82, 2.24) is 9.95 Å². The number of anilines is 1. The van der Waals surface area contributed by atoms with Gasteiger partial charge in [0.15, 0.2) is 17.1 Å². The highest BCUT2D eigenvalue weighted by atomic mass is 19.1. The zero-order chi connectivity index (χ0) is 19.7. The van der Waals surface area contributed by atoms with Crippen LogP contribution in [0, 0.1) is 5.82 Å². The lowest BCUT2D eigenvalue weighted by Gasteiger charge is -2.13. The number of hydrogen-bond donors (Lipinski definition) is 2. The second-order valence-corrected chi connectivity index (χ2v) is 6.16. The molecule has 0 fully saturated rings. The number of hydrogen-bond acceptors (Lipinski definition) is 4.